The molecule has 2 aromatic carbocycles. The van der Waals surface area contributed by atoms with Crippen LogP contribution in [0, 0.1) is 0 Å². The average Bonchev–Trinajstić information content (AvgIpc) is 2.78. The van der Waals surface area contributed by atoms with Crippen molar-refractivity contribution in [1.29, 1.82) is 0 Å². The Morgan fingerprint density at radius 1 is 0.839 bits per heavy atom. The molecule has 162 valence electrons. The zero-order valence-electron chi connectivity index (χ0n) is 18.8. The normalized spacial score (nSPS) is 10.7. The van der Waals surface area contributed by atoms with Crippen LogP contribution in [-0.4, -0.2) is 48.7 Å². The van der Waals surface area contributed by atoms with Crippen molar-refractivity contribution in [1.82, 2.24) is 14.8 Å². The minimum absolute atomic E-state index is 0.0916. The molecule has 0 aliphatic heterocycles. The van der Waals surface area contributed by atoms with Crippen molar-refractivity contribution in [3.63, 3.8) is 0 Å². The van der Waals surface area contributed by atoms with Crippen LogP contribution in [0.4, 0.5) is 11.4 Å². The van der Waals surface area contributed by atoms with Crippen LogP contribution in [0.1, 0.15) is 19.8 Å². The summed E-state index contributed by atoms with van der Waals surface area (Å²) in [6.07, 6.45) is 0.707. The molecular weight excluding hydrogens is 390 g/mol. The highest BCUT2D eigenvalue weighted by Crippen LogP contribution is 2.30. The number of ketones is 1. The summed E-state index contributed by atoms with van der Waals surface area (Å²) < 4.78 is 1.29. The fourth-order valence-electron chi connectivity index (χ4n) is 3.20. The van der Waals surface area contributed by atoms with Gasteiger partial charge in [-0.25, -0.2) is 9.48 Å². The lowest BCUT2D eigenvalue weighted by molar-refractivity contribution is -0.119. The van der Waals surface area contributed by atoms with E-state index in [1.807, 2.05) is 93.4 Å². The first kappa shape index (κ1) is 22.2. The number of aryl methyl sites for hydroxylation is 1. The lowest BCUT2D eigenvalue weighted by Crippen LogP contribution is -2.28. The molecule has 3 aromatic rings. The Hall–Kier alpha value is -3.48. The van der Waals surface area contributed by atoms with Crippen LogP contribution in [-0.2, 0) is 11.3 Å². The summed E-state index contributed by atoms with van der Waals surface area (Å²) in [7, 11) is 7.92. The maximum atomic E-state index is 12.7. The molecular formula is C24H29N5O2. The molecule has 0 N–H and O–H groups in total. The summed E-state index contributed by atoms with van der Waals surface area (Å²) in [6.45, 7) is 2.04. The molecule has 0 fully saturated rings. The summed E-state index contributed by atoms with van der Waals surface area (Å²) in [5, 5.41) is 4.62. The standard InChI is InChI=1S/C24H29N5O2/c1-6-21(30)15-16-29-24(31)25-22(17-7-11-19(12-8-17)27(2)3)23(26-29)18-9-13-20(14-10-18)28(4)5/h7-14H,6,15-16H2,1-5H3. The monoisotopic (exact) mass is 419 g/mol. The lowest BCUT2D eigenvalue weighted by atomic mass is 10.0. The molecule has 0 aliphatic rings. The van der Waals surface area contributed by atoms with Crippen molar-refractivity contribution < 1.29 is 4.79 Å². The summed E-state index contributed by atoms with van der Waals surface area (Å²) in [6, 6.07) is 15.8. The summed E-state index contributed by atoms with van der Waals surface area (Å²) >= 11 is 0. The lowest BCUT2D eigenvalue weighted by Gasteiger charge is -2.15. The van der Waals surface area contributed by atoms with Gasteiger partial charge in [0.25, 0.3) is 0 Å². The van der Waals surface area contributed by atoms with Gasteiger partial charge in [0.1, 0.15) is 17.2 Å². The van der Waals surface area contributed by atoms with E-state index in [-0.39, 0.29) is 18.7 Å². The van der Waals surface area contributed by atoms with Gasteiger partial charge in [0.15, 0.2) is 0 Å². The van der Waals surface area contributed by atoms with E-state index in [1.54, 1.807) is 0 Å². The maximum Gasteiger partial charge on any atom is 0.364 e. The highest BCUT2D eigenvalue weighted by molar-refractivity contribution is 5.79. The van der Waals surface area contributed by atoms with Crippen LogP contribution < -0.4 is 15.5 Å². The zero-order valence-corrected chi connectivity index (χ0v) is 18.8. The number of hydrogen-bond acceptors (Lipinski definition) is 6. The number of hydrogen-bond donors (Lipinski definition) is 0. The molecule has 31 heavy (non-hydrogen) atoms. The molecule has 0 aliphatic carbocycles. The van der Waals surface area contributed by atoms with Gasteiger partial charge >= 0.3 is 5.69 Å². The number of carbonyl (C=O) groups excluding carboxylic acids is 1. The van der Waals surface area contributed by atoms with Crippen LogP contribution >= 0.6 is 0 Å². The highest BCUT2D eigenvalue weighted by atomic mass is 16.1. The van der Waals surface area contributed by atoms with E-state index in [2.05, 4.69) is 10.1 Å². The van der Waals surface area contributed by atoms with Crippen molar-refractivity contribution in [3.8, 4) is 22.5 Å². The molecule has 3 rings (SSSR count). The van der Waals surface area contributed by atoms with E-state index in [0.717, 1.165) is 22.5 Å². The van der Waals surface area contributed by atoms with Crippen molar-refractivity contribution in [2.45, 2.75) is 26.3 Å². The third-order valence-electron chi connectivity index (χ3n) is 5.18. The Morgan fingerprint density at radius 2 is 1.32 bits per heavy atom. The zero-order chi connectivity index (χ0) is 22.5. The Morgan fingerprint density at radius 3 is 1.77 bits per heavy atom. The summed E-state index contributed by atoms with van der Waals surface area (Å²) in [4.78, 5) is 32.8. The van der Waals surface area contributed by atoms with E-state index in [0.29, 0.717) is 17.8 Å². The van der Waals surface area contributed by atoms with Gasteiger partial charge in [0, 0.05) is 63.5 Å². The molecule has 7 heteroatoms. The summed E-state index contributed by atoms with van der Waals surface area (Å²) in [5.41, 5.74) is 4.50. The largest absolute Gasteiger partial charge is 0.378 e. The smallest absolute Gasteiger partial charge is 0.364 e. The highest BCUT2D eigenvalue weighted by Gasteiger charge is 2.16. The molecule has 0 atom stereocenters. The number of benzene rings is 2. The van der Waals surface area contributed by atoms with Gasteiger partial charge in [-0.05, 0) is 24.3 Å². The minimum Gasteiger partial charge on any atom is -0.378 e. The van der Waals surface area contributed by atoms with E-state index in [1.165, 1.54) is 4.68 Å². The second-order valence-corrected chi connectivity index (χ2v) is 7.84. The van der Waals surface area contributed by atoms with Gasteiger partial charge in [-0.2, -0.15) is 10.1 Å². The van der Waals surface area contributed by atoms with Gasteiger partial charge in [-0.3, -0.25) is 4.79 Å². The predicted molar refractivity (Wildman–Crippen MR) is 126 cm³/mol. The molecule has 0 amide bonds. The molecule has 0 saturated carbocycles. The molecule has 0 unspecified atom stereocenters. The number of nitrogens with zero attached hydrogens (tertiary/aromatic N) is 5. The van der Waals surface area contributed by atoms with E-state index < -0.39 is 5.69 Å². The van der Waals surface area contributed by atoms with E-state index >= 15 is 0 Å². The maximum absolute atomic E-state index is 12.7. The van der Waals surface area contributed by atoms with Crippen LogP contribution in [0.25, 0.3) is 22.5 Å². The Balaban J connectivity index is 2.10. The van der Waals surface area contributed by atoms with Crippen LogP contribution in [0.3, 0.4) is 0 Å². The van der Waals surface area contributed by atoms with Gasteiger partial charge in [0.2, 0.25) is 0 Å². The van der Waals surface area contributed by atoms with Gasteiger partial charge in [-0.15, -0.1) is 0 Å². The second-order valence-electron chi connectivity index (χ2n) is 7.84. The van der Waals surface area contributed by atoms with E-state index in [4.69, 9.17) is 0 Å². The quantitative estimate of drug-likeness (QED) is 0.557. The first-order valence-corrected chi connectivity index (χ1v) is 10.4. The molecule has 1 heterocycles. The number of anilines is 2. The Bertz CT molecular complexity index is 1100. The number of Topliss-reactive ketones (excluding diaryl/α,β-unsaturated/α-hetero) is 1. The van der Waals surface area contributed by atoms with Crippen molar-refractivity contribution >= 4 is 17.2 Å². The van der Waals surface area contributed by atoms with Crippen molar-refractivity contribution in [3.05, 3.63) is 59.0 Å². The molecule has 0 radical (unpaired) electrons. The number of rotatable bonds is 8. The third-order valence-corrected chi connectivity index (χ3v) is 5.18. The molecule has 1 aromatic heterocycles. The molecule has 7 nitrogen and oxygen atoms in total. The van der Waals surface area contributed by atoms with Crippen LogP contribution in [0.2, 0.25) is 0 Å². The molecule has 0 saturated heterocycles. The third kappa shape index (κ3) is 5.17. The molecule has 0 bridgehead atoms. The van der Waals surface area contributed by atoms with Gasteiger partial charge in [0.05, 0.1) is 6.54 Å². The van der Waals surface area contributed by atoms with Gasteiger partial charge < -0.3 is 9.80 Å². The first-order chi connectivity index (χ1) is 14.8. The van der Waals surface area contributed by atoms with E-state index in [9.17, 15) is 9.59 Å². The van der Waals surface area contributed by atoms with Crippen molar-refractivity contribution in [2.24, 2.45) is 0 Å². The fraction of sp³-hybridized carbons (Fsp3) is 0.333. The Labute approximate surface area is 183 Å². The Kier molecular flexibility index (Phi) is 6.84. The average molecular weight is 420 g/mol. The van der Waals surface area contributed by atoms with Crippen LogP contribution in [0.5, 0.6) is 0 Å². The van der Waals surface area contributed by atoms with Crippen LogP contribution in [0.15, 0.2) is 53.3 Å². The van der Waals surface area contributed by atoms with Gasteiger partial charge in [-0.1, -0.05) is 31.2 Å². The topological polar surface area (TPSA) is 71.3 Å². The molecule has 0 spiro atoms. The fourth-order valence-corrected chi connectivity index (χ4v) is 3.20. The number of carbonyl (C=O) groups is 1. The predicted octanol–water partition coefficient (Wildman–Crippen LogP) is 3.47. The SMILES string of the molecule is CCC(=O)CCn1nc(-c2ccc(N(C)C)cc2)c(-c2ccc(N(C)C)cc2)nc1=O. The number of aromatic nitrogens is 3. The minimum atomic E-state index is -0.454. The first-order valence-electron chi connectivity index (χ1n) is 10.4. The van der Waals surface area contributed by atoms with Crippen molar-refractivity contribution in [2.75, 3.05) is 38.0 Å². The summed E-state index contributed by atoms with van der Waals surface area (Å²) in [5.74, 6) is 0.0916. The second kappa shape index (κ2) is 9.55.